The summed E-state index contributed by atoms with van der Waals surface area (Å²) in [5, 5.41) is 9.06. The largest absolute Gasteiger partial charge is 0.480 e. The van der Waals surface area contributed by atoms with Crippen molar-refractivity contribution in [2.24, 2.45) is 5.92 Å². The Hall–Kier alpha value is -2.72. The molecule has 2 fully saturated rings. The molecule has 0 radical (unpaired) electrons. The summed E-state index contributed by atoms with van der Waals surface area (Å²) in [6.45, 7) is 5.15. The fourth-order valence-electron chi connectivity index (χ4n) is 3.79. The number of anilines is 1. The van der Waals surface area contributed by atoms with Gasteiger partial charge in [0.1, 0.15) is 22.3 Å². The average Bonchev–Trinajstić information content (AvgIpc) is 2.98. The Bertz CT molecular complexity index is 1180. The number of pyridine rings is 1. The SMILES string of the molecule is Cc1cccn2c(=O)c(/C=C3\SC(=S)N(CC(=O)O)C3=O)c(N3CCC(C)CC3)nc12. The van der Waals surface area contributed by atoms with Crippen molar-refractivity contribution >= 4 is 57.7 Å². The third-order valence-electron chi connectivity index (χ3n) is 5.59. The van der Waals surface area contributed by atoms with Gasteiger partial charge in [-0.25, -0.2) is 4.98 Å². The summed E-state index contributed by atoms with van der Waals surface area (Å²) < 4.78 is 1.64. The molecule has 2 aliphatic rings. The van der Waals surface area contributed by atoms with Gasteiger partial charge in [0.25, 0.3) is 11.5 Å². The van der Waals surface area contributed by atoms with Crippen LogP contribution in [-0.2, 0) is 9.59 Å². The van der Waals surface area contributed by atoms with Crippen molar-refractivity contribution in [2.45, 2.75) is 26.7 Å². The van der Waals surface area contributed by atoms with Gasteiger partial charge in [0.05, 0.1) is 10.5 Å². The first-order chi connectivity index (χ1) is 14.8. The van der Waals surface area contributed by atoms with Gasteiger partial charge in [-0.2, -0.15) is 0 Å². The summed E-state index contributed by atoms with van der Waals surface area (Å²) in [4.78, 5) is 45.4. The van der Waals surface area contributed by atoms with Crippen molar-refractivity contribution < 1.29 is 14.7 Å². The van der Waals surface area contributed by atoms with E-state index in [9.17, 15) is 14.4 Å². The van der Waals surface area contributed by atoms with E-state index >= 15 is 0 Å². The van der Waals surface area contributed by atoms with E-state index in [0.29, 0.717) is 22.9 Å². The van der Waals surface area contributed by atoms with Gasteiger partial charge in [-0.15, -0.1) is 0 Å². The Kier molecular flexibility index (Phi) is 5.85. The van der Waals surface area contributed by atoms with Gasteiger partial charge in [-0.05, 0) is 43.4 Å². The number of carbonyl (C=O) groups is 2. The van der Waals surface area contributed by atoms with Crippen LogP contribution < -0.4 is 10.5 Å². The molecule has 0 atom stereocenters. The molecule has 162 valence electrons. The highest BCUT2D eigenvalue weighted by molar-refractivity contribution is 8.26. The summed E-state index contributed by atoms with van der Waals surface area (Å²) in [6.07, 6.45) is 5.16. The standard InChI is InChI=1S/C21H22N4O4S2/c1-12-5-8-23(9-6-12)18-14(19(28)24-7-3-4-13(2)17(24)22-18)10-15-20(29)25(11-16(26)27)21(30)31-15/h3-4,7,10,12H,5-6,8-9,11H2,1-2H3,(H,26,27)/b15-10-. The van der Waals surface area contributed by atoms with Gasteiger partial charge in [0.2, 0.25) is 0 Å². The van der Waals surface area contributed by atoms with Crippen LogP contribution in [-0.4, -0.2) is 55.2 Å². The summed E-state index contributed by atoms with van der Waals surface area (Å²) in [5.74, 6) is -0.502. The van der Waals surface area contributed by atoms with Gasteiger partial charge in [-0.3, -0.25) is 23.7 Å². The van der Waals surface area contributed by atoms with E-state index in [4.69, 9.17) is 22.3 Å². The molecule has 8 nitrogen and oxygen atoms in total. The second kappa shape index (κ2) is 8.43. The van der Waals surface area contributed by atoms with Crippen molar-refractivity contribution in [2.75, 3.05) is 24.5 Å². The molecular weight excluding hydrogens is 436 g/mol. The quantitative estimate of drug-likeness (QED) is 0.552. The van der Waals surface area contributed by atoms with Gasteiger partial charge in [0.15, 0.2) is 0 Å². The maximum atomic E-state index is 13.4. The van der Waals surface area contributed by atoms with E-state index in [1.165, 1.54) is 10.5 Å². The summed E-state index contributed by atoms with van der Waals surface area (Å²) in [5.41, 5.74) is 1.50. The predicted octanol–water partition coefficient (Wildman–Crippen LogP) is 2.53. The minimum absolute atomic E-state index is 0.164. The highest BCUT2D eigenvalue weighted by atomic mass is 32.2. The minimum atomic E-state index is -1.15. The maximum Gasteiger partial charge on any atom is 0.323 e. The predicted molar refractivity (Wildman–Crippen MR) is 124 cm³/mol. The van der Waals surface area contributed by atoms with E-state index in [0.717, 1.165) is 48.2 Å². The second-order valence-corrected chi connectivity index (χ2v) is 9.55. The number of aliphatic carboxylic acids is 1. The Morgan fingerprint density at radius 3 is 2.74 bits per heavy atom. The lowest BCUT2D eigenvalue weighted by atomic mass is 9.99. The molecule has 0 unspecified atom stereocenters. The zero-order valence-corrected chi connectivity index (χ0v) is 18.8. The summed E-state index contributed by atoms with van der Waals surface area (Å²) in [7, 11) is 0. The Balaban J connectivity index is 1.85. The fourth-order valence-corrected chi connectivity index (χ4v) is 5.03. The third kappa shape index (κ3) is 4.09. The lowest BCUT2D eigenvalue weighted by Crippen LogP contribution is -2.36. The summed E-state index contributed by atoms with van der Waals surface area (Å²) in [6, 6.07) is 3.68. The molecule has 0 spiro atoms. The molecule has 1 amide bonds. The number of aryl methyl sites for hydroxylation is 1. The first kappa shape index (κ1) is 21.5. The topological polar surface area (TPSA) is 95.2 Å². The molecule has 31 heavy (non-hydrogen) atoms. The van der Waals surface area contributed by atoms with E-state index < -0.39 is 18.4 Å². The van der Waals surface area contributed by atoms with Crippen LogP contribution in [0.1, 0.15) is 30.9 Å². The number of hydrogen-bond acceptors (Lipinski definition) is 7. The van der Waals surface area contributed by atoms with Crippen molar-refractivity contribution in [3.63, 3.8) is 0 Å². The number of carboxylic acid groups (broad SMARTS) is 1. The van der Waals surface area contributed by atoms with Crippen LogP contribution in [0.4, 0.5) is 5.82 Å². The van der Waals surface area contributed by atoms with E-state index in [1.807, 2.05) is 13.0 Å². The monoisotopic (exact) mass is 458 g/mol. The van der Waals surface area contributed by atoms with Crippen LogP contribution in [0.3, 0.4) is 0 Å². The van der Waals surface area contributed by atoms with Crippen LogP contribution >= 0.6 is 24.0 Å². The van der Waals surface area contributed by atoms with Gasteiger partial charge >= 0.3 is 5.97 Å². The molecule has 0 aromatic carbocycles. The van der Waals surface area contributed by atoms with Gasteiger partial charge < -0.3 is 10.0 Å². The minimum Gasteiger partial charge on any atom is -0.480 e. The molecular formula is C21H22N4O4S2. The van der Waals surface area contributed by atoms with Crippen molar-refractivity contribution in [1.82, 2.24) is 14.3 Å². The molecule has 4 rings (SSSR count). The first-order valence-corrected chi connectivity index (χ1v) is 11.2. The summed E-state index contributed by atoms with van der Waals surface area (Å²) >= 11 is 6.18. The number of carboxylic acids is 1. The Labute approximate surface area is 188 Å². The fraction of sp³-hybridized carbons (Fsp3) is 0.381. The Morgan fingerprint density at radius 1 is 1.35 bits per heavy atom. The molecule has 2 aliphatic heterocycles. The van der Waals surface area contributed by atoms with E-state index in [1.54, 1.807) is 12.3 Å². The molecule has 4 heterocycles. The Morgan fingerprint density at radius 2 is 2.06 bits per heavy atom. The highest BCUT2D eigenvalue weighted by Crippen LogP contribution is 2.34. The van der Waals surface area contributed by atoms with Crippen molar-refractivity contribution in [1.29, 1.82) is 0 Å². The lowest BCUT2D eigenvalue weighted by molar-refractivity contribution is -0.140. The van der Waals surface area contributed by atoms with Crippen LogP contribution in [0, 0.1) is 12.8 Å². The van der Waals surface area contributed by atoms with Crippen LogP contribution in [0.2, 0.25) is 0 Å². The average molecular weight is 459 g/mol. The highest BCUT2D eigenvalue weighted by Gasteiger charge is 2.34. The smallest absolute Gasteiger partial charge is 0.323 e. The van der Waals surface area contributed by atoms with E-state index in [2.05, 4.69) is 11.8 Å². The number of rotatable bonds is 4. The van der Waals surface area contributed by atoms with Crippen LogP contribution in [0.5, 0.6) is 0 Å². The zero-order chi connectivity index (χ0) is 22.3. The van der Waals surface area contributed by atoms with Crippen LogP contribution in [0.25, 0.3) is 11.7 Å². The molecule has 2 saturated heterocycles. The lowest BCUT2D eigenvalue weighted by Gasteiger charge is -2.32. The van der Waals surface area contributed by atoms with Crippen molar-refractivity contribution in [3.8, 4) is 0 Å². The number of piperidine rings is 1. The van der Waals surface area contributed by atoms with Crippen molar-refractivity contribution in [3.05, 3.63) is 44.7 Å². The molecule has 0 aliphatic carbocycles. The number of aromatic nitrogens is 2. The molecule has 0 saturated carbocycles. The third-order valence-corrected chi connectivity index (χ3v) is 6.97. The molecule has 10 heteroatoms. The van der Waals surface area contributed by atoms with Crippen LogP contribution in [0.15, 0.2) is 28.0 Å². The van der Waals surface area contributed by atoms with Gasteiger partial charge in [0, 0.05) is 19.3 Å². The first-order valence-electron chi connectivity index (χ1n) is 10.0. The number of thiocarbonyl (C=S) groups is 1. The van der Waals surface area contributed by atoms with E-state index in [-0.39, 0.29) is 14.8 Å². The normalized spacial score (nSPS) is 19.1. The molecule has 2 aromatic heterocycles. The second-order valence-electron chi connectivity index (χ2n) is 7.87. The number of amides is 1. The number of carbonyl (C=O) groups excluding carboxylic acids is 1. The molecule has 1 N–H and O–H groups in total. The number of thioether (sulfide) groups is 1. The number of hydrogen-bond donors (Lipinski definition) is 1. The number of fused-ring (bicyclic) bond motifs is 1. The van der Waals surface area contributed by atoms with Gasteiger partial charge in [-0.1, -0.05) is 37.0 Å². The maximum absolute atomic E-state index is 13.4. The number of nitrogens with zero attached hydrogens (tertiary/aromatic N) is 4. The zero-order valence-electron chi connectivity index (χ0n) is 17.2. The molecule has 0 bridgehead atoms. The molecule has 2 aromatic rings.